The first-order chi connectivity index (χ1) is 9.67. The summed E-state index contributed by atoms with van der Waals surface area (Å²) in [4.78, 5) is 14.3. The number of hydrogen-bond donors (Lipinski definition) is 1. The van der Waals surface area contributed by atoms with Crippen molar-refractivity contribution < 1.29 is 14.3 Å². The summed E-state index contributed by atoms with van der Waals surface area (Å²) in [5.74, 6) is 1.22. The Balaban J connectivity index is 2.15. The molecule has 0 spiro atoms. The van der Waals surface area contributed by atoms with Crippen LogP contribution in [-0.4, -0.2) is 51.2 Å². The van der Waals surface area contributed by atoms with E-state index in [4.69, 9.17) is 9.47 Å². The number of carbonyl (C=O) groups is 1. The number of piperidine rings is 1. The lowest BCUT2D eigenvalue weighted by molar-refractivity contribution is 0.0708. The number of rotatable bonds is 4. The van der Waals surface area contributed by atoms with E-state index < -0.39 is 0 Å². The maximum Gasteiger partial charge on any atom is 0.254 e. The highest BCUT2D eigenvalue weighted by Crippen LogP contribution is 2.28. The Hall–Kier alpha value is -1.75. The number of benzene rings is 1. The maximum absolute atomic E-state index is 12.5. The van der Waals surface area contributed by atoms with Gasteiger partial charge in [0, 0.05) is 25.2 Å². The average Bonchev–Trinajstić information content (AvgIpc) is 2.53. The summed E-state index contributed by atoms with van der Waals surface area (Å²) in [6, 6.07) is 5.52. The fraction of sp³-hybridized carbons (Fsp3) is 0.533. The predicted octanol–water partition coefficient (Wildman–Crippen LogP) is 1.53. The van der Waals surface area contributed by atoms with Crippen molar-refractivity contribution in [2.24, 2.45) is 0 Å². The topological polar surface area (TPSA) is 50.8 Å². The number of methoxy groups -OCH3 is 2. The quantitative estimate of drug-likeness (QED) is 0.907. The monoisotopic (exact) mass is 278 g/mol. The highest BCUT2D eigenvalue weighted by atomic mass is 16.5. The van der Waals surface area contributed by atoms with Gasteiger partial charge in [0.2, 0.25) is 0 Å². The van der Waals surface area contributed by atoms with Crippen LogP contribution in [0.15, 0.2) is 18.2 Å². The van der Waals surface area contributed by atoms with E-state index in [-0.39, 0.29) is 11.9 Å². The zero-order valence-electron chi connectivity index (χ0n) is 12.3. The highest BCUT2D eigenvalue weighted by molar-refractivity contribution is 5.95. The van der Waals surface area contributed by atoms with Gasteiger partial charge >= 0.3 is 0 Å². The van der Waals surface area contributed by atoms with Gasteiger partial charge in [-0.25, -0.2) is 0 Å². The van der Waals surface area contributed by atoms with Crippen LogP contribution in [0.5, 0.6) is 11.5 Å². The Kier molecular flexibility index (Phi) is 4.84. The Morgan fingerprint density at radius 3 is 2.65 bits per heavy atom. The van der Waals surface area contributed by atoms with Gasteiger partial charge in [-0.2, -0.15) is 0 Å². The summed E-state index contributed by atoms with van der Waals surface area (Å²) >= 11 is 0. The summed E-state index contributed by atoms with van der Waals surface area (Å²) in [6.45, 7) is 1.89. The maximum atomic E-state index is 12.5. The van der Waals surface area contributed by atoms with Crippen molar-refractivity contribution in [1.82, 2.24) is 10.2 Å². The molecule has 0 saturated carbocycles. The third-order valence-corrected chi connectivity index (χ3v) is 3.77. The summed E-state index contributed by atoms with van der Waals surface area (Å²) < 4.78 is 10.4. The van der Waals surface area contributed by atoms with Crippen molar-refractivity contribution in [2.45, 2.75) is 18.9 Å². The van der Waals surface area contributed by atoms with Crippen LogP contribution in [0, 0.1) is 0 Å². The van der Waals surface area contributed by atoms with Crippen LogP contribution in [0.3, 0.4) is 0 Å². The minimum Gasteiger partial charge on any atom is -0.493 e. The van der Waals surface area contributed by atoms with E-state index in [2.05, 4.69) is 5.32 Å². The normalized spacial score (nSPS) is 18.4. The van der Waals surface area contributed by atoms with E-state index >= 15 is 0 Å². The second-order valence-corrected chi connectivity index (χ2v) is 4.99. The van der Waals surface area contributed by atoms with Crippen LogP contribution >= 0.6 is 0 Å². The molecule has 1 saturated heterocycles. The van der Waals surface area contributed by atoms with Gasteiger partial charge in [0.15, 0.2) is 11.5 Å². The van der Waals surface area contributed by atoms with Crippen LogP contribution in [0.25, 0.3) is 0 Å². The molecule has 1 heterocycles. The molecule has 0 radical (unpaired) electrons. The Morgan fingerprint density at radius 1 is 1.30 bits per heavy atom. The van der Waals surface area contributed by atoms with Crippen molar-refractivity contribution in [2.75, 3.05) is 34.4 Å². The van der Waals surface area contributed by atoms with Crippen LogP contribution < -0.4 is 14.8 Å². The molecule has 20 heavy (non-hydrogen) atoms. The van der Waals surface area contributed by atoms with E-state index in [9.17, 15) is 4.79 Å². The van der Waals surface area contributed by atoms with Crippen molar-refractivity contribution in [3.63, 3.8) is 0 Å². The number of nitrogens with zero attached hydrogens (tertiary/aromatic N) is 1. The van der Waals surface area contributed by atoms with Crippen LogP contribution in [-0.2, 0) is 0 Å². The van der Waals surface area contributed by atoms with Gasteiger partial charge in [0.25, 0.3) is 5.91 Å². The first-order valence-electron chi connectivity index (χ1n) is 6.87. The largest absolute Gasteiger partial charge is 0.493 e. The SMILES string of the molecule is COc1ccc(C(=O)N(C)C2CCCNC2)cc1OC. The molecule has 1 atom stereocenters. The molecule has 0 aromatic heterocycles. The van der Waals surface area contributed by atoms with Crippen LogP contribution in [0.4, 0.5) is 0 Å². The molecule has 1 unspecified atom stereocenters. The molecule has 1 N–H and O–H groups in total. The second kappa shape index (κ2) is 6.61. The molecule has 1 amide bonds. The highest BCUT2D eigenvalue weighted by Gasteiger charge is 2.23. The van der Waals surface area contributed by atoms with Crippen LogP contribution in [0.2, 0.25) is 0 Å². The number of ether oxygens (including phenoxy) is 2. The third kappa shape index (κ3) is 3.04. The van der Waals surface area contributed by atoms with E-state index in [1.807, 2.05) is 11.9 Å². The first kappa shape index (κ1) is 14.7. The van der Waals surface area contributed by atoms with E-state index in [1.165, 1.54) is 0 Å². The molecule has 1 aliphatic rings. The number of nitrogens with one attached hydrogen (secondary N) is 1. The smallest absolute Gasteiger partial charge is 0.254 e. The molecule has 110 valence electrons. The van der Waals surface area contributed by atoms with Gasteiger partial charge in [-0.15, -0.1) is 0 Å². The fourth-order valence-corrected chi connectivity index (χ4v) is 2.50. The Bertz CT molecular complexity index is 470. The van der Waals surface area contributed by atoms with Gasteiger partial charge in [-0.05, 0) is 37.6 Å². The van der Waals surface area contributed by atoms with Gasteiger partial charge in [0.1, 0.15) is 0 Å². The molecule has 0 aliphatic carbocycles. The lowest BCUT2D eigenvalue weighted by atomic mass is 10.0. The van der Waals surface area contributed by atoms with Gasteiger partial charge in [0.05, 0.1) is 14.2 Å². The summed E-state index contributed by atoms with van der Waals surface area (Å²) in [5.41, 5.74) is 0.621. The molecule has 1 aromatic carbocycles. The molecular formula is C15H22N2O3. The number of likely N-dealkylation sites (N-methyl/N-ethyl adjacent to an activating group) is 1. The lowest BCUT2D eigenvalue weighted by Gasteiger charge is -2.31. The number of carbonyl (C=O) groups excluding carboxylic acids is 1. The van der Waals surface area contributed by atoms with Gasteiger partial charge < -0.3 is 19.7 Å². The molecule has 2 rings (SSSR count). The summed E-state index contributed by atoms with van der Waals surface area (Å²) in [5, 5.41) is 3.32. The molecule has 1 aliphatic heterocycles. The van der Waals surface area contributed by atoms with Gasteiger partial charge in [-0.1, -0.05) is 0 Å². The standard InChI is InChI=1S/C15H22N2O3/c1-17(12-5-4-8-16-10-12)15(18)11-6-7-13(19-2)14(9-11)20-3/h6-7,9,12,16H,4-5,8,10H2,1-3H3. The molecule has 1 fully saturated rings. The predicted molar refractivity (Wildman–Crippen MR) is 77.5 cm³/mol. The zero-order chi connectivity index (χ0) is 14.5. The van der Waals surface area contributed by atoms with Crippen molar-refractivity contribution in [1.29, 1.82) is 0 Å². The van der Waals surface area contributed by atoms with E-state index in [0.29, 0.717) is 17.1 Å². The second-order valence-electron chi connectivity index (χ2n) is 4.99. The van der Waals surface area contributed by atoms with Crippen LogP contribution in [0.1, 0.15) is 23.2 Å². The summed E-state index contributed by atoms with van der Waals surface area (Å²) in [7, 11) is 5.01. The van der Waals surface area contributed by atoms with Crippen molar-refractivity contribution in [3.8, 4) is 11.5 Å². The Morgan fingerprint density at radius 2 is 2.05 bits per heavy atom. The number of amides is 1. The van der Waals surface area contributed by atoms with E-state index in [1.54, 1.807) is 32.4 Å². The lowest BCUT2D eigenvalue weighted by Crippen LogP contribution is -2.46. The van der Waals surface area contributed by atoms with Gasteiger partial charge in [-0.3, -0.25) is 4.79 Å². The Labute approximate surface area is 119 Å². The molecule has 5 heteroatoms. The number of hydrogen-bond acceptors (Lipinski definition) is 4. The minimum atomic E-state index is 0.0136. The molecule has 0 bridgehead atoms. The molecule has 1 aromatic rings. The van der Waals surface area contributed by atoms with Crippen molar-refractivity contribution in [3.05, 3.63) is 23.8 Å². The molecule has 5 nitrogen and oxygen atoms in total. The minimum absolute atomic E-state index is 0.0136. The first-order valence-corrected chi connectivity index (χ1v) is 6.87. The van der Waals surface area contributed by atoms with Crippen molar-refractivity contribution >= 4 is 5.91 Å². The zero-order valence-corrected chi connectivity index (χ0v) is 12.3. The fourth-order valence-electron chi connectivity index (χ4n) is 2.50. The third-order valence-electron chi connectivity index (χ3n) is 3.77. The summed E-state index contributed by atoms with van der Waals surface area (Å²) in [6.07, 6.45) is 2.15. The molecular weight excluding hydrogens is 256 g/mol. The van der Waals surface area contributed by atoms with E-state index in [0.717, 1.165) is 25.9 Å². The average molecular weight is 278 g/mol.